The molecule has 0 bridgehead atoms. The van der Waals surface area contributed by atoms with E-state index in [1.165, 1.54) is 24.4 Å². The molecule has 0 amide bonds. The zero-order chi connectivity index (χ0) is 20.2. The summed E-state index contributed by atoms with van der Waals surface area (Å²) in [5, 5.41) is 18.6. The standard InChI is InChI=1S/C15H14Br2N4O5S/c1-2-13(27(24,25)26)19-9-3-4-12(10(6-9)15(22)23)20-21-14-11(17)5-8(16)7-18-14/h3-7,13,19H,2H2,1H3,(H,22,23)(H,24,25,26). The summed E-state index contributed by atoms with van der Waals surface area (Å²) in [5.41, 5.74) is 0.0746. The predicted molar refractivity (Wildman–Crippen MR) is 106 cm³/mol. The number of aromatic nitrogens is 1. The molecule has 0 aliphatic heterocycles. The molecule has 2 aromatic rings. The number of carbonyl (C=O) groups is 1. The number of rotatable bonds is 7. The van der Waals surface area contributed by atoms with Crippen LogP contribution < -0.4 is 5.32 Å². The van der Waals surface area contributed by atoms with E-state index in [9.17, 15) is 22.9 Å². The molecule has 0 saturated heterocycles. The largest absolute Gasteiger partial charge is 0.478 e. The van der Waals surface area contributed by atoms with Gasteiger partial charge >= 0.3 is 5.97 Å². The SMILES string of the molecule is CCC(Nc1ccc(N=Nc2ncc(Br)cc2Br)c(C(=O)O)c1)S(=O)(=O)O. The highest BCUT2D eigenvalue weighted by Crippen LogP contribution is 2.30. The van der Waals surface area contributed by atoms with Crippen molar-refractivity contribution in [3.05, 3.63) is 45.0 Å². The van der Waals surface area contributed by atoms with Gasteiger partial charge in [-0.2, -0.15) is 8.42 Å². The molecule has 1 atom stereocenters. The molecular weight excluding hydrogens is 508 g/mol. The number of halogens is 2. The molecule has 2 rings (SSSR count). The van der Waals surface area contributed by atoms with Gasteiger partial charge < -0.3 is 10.4 Å². The van der Waals surface area contributed by atoms with Crippen molar-refractivity contribution in [1.29, 1.82) is 0 Å². The molecule has 0 aliphatic rings. The fourth-order valence-corrected chi connectivity index (χ4v) is 3.81. The van der Waals surface area contributed by atoms with Crippen molar-refractivity contribution in [3.63, 3.8) is 0 Å². The highest BCUT2D eigenvalue weighted by atomic mass is 79.9. The molecule has 144 valence electrons. The van der Waals surface area contributed by atoms with E-state index >= 15 is 0 Å². The number of azo groups is 1. The van der Waals surface area contributed by atoms with Crippen LogP contribution in [0.2, 0.25) is 0 Å². The number of aromatic carboxylic acids is 1. The van der Waals surface area contributed by atoms with E-state index in [2.05, 4.69) is 52.4 Å². The highest BCUT2D eigenvalue weighted by Gasteiger charge is 2.21. The van der Waals surface area contributed by atoms with E-state index in [1.807, 2.05) is 0 Å². The Morgan fingerprint density at radius 3 is 2.56 bits per heavy atom. The Balaban J connectivity index is 2.35. The molecule has 0 saturated carbocycles. The van der Waals surface area contributed by atoms with Crippen molar-refractivity contribution in [2.75, 3.05) is 5.32 Å². The second-order valence-corrected chi connectivity index (χ2v) is 8.62. The number of nitrogens with one attached hydrogen (secondary N) is 1. The summed E-state index contributed by atoms with van der Waals surface area (Å²) in [7, 11) is -4.33. The fraction of sp³-hybridized carbons (Fsp3) is 0.200. The maximum absolute atomic E-state index is 11.5. The van der Waals surface area contributed by atoms with Gasteiger partial charge in [-0.25, -0.2) is 9.78 Å². The molecule has 0 spiro atoms. The molecule has 0 fully saturated rings. The van der Waals surface area contributed by atoms with Crippen LogP contribution in [-0.2, 0) is 10.1 Å². The lowest BCUT2D eigenvalue weighted by molar-refractivity contribution is 0.0697. The van der Waals surface area contributed by atoms with Crippen LogP contribution in [0.3, 0.4) is 0 Å². The topological polar surface area (TPSA) is 141 Å². The normalized spacial score (nSPS) is 12.9. The van der Waals surface area contributed by atoms with Crippen LogP contribution in [0.1, 0.15) is 23.7 Å². The number of anilines is 1. The first-order chi connectivity index (χ1) is 12.6. The Bertz CT molecular complexity index is 998. The van der Waals surface area contributed by atoms with Gasteiger partial charge in [0.2, 0.25) is 0 Å². The van der Waals surface area contributed by atoms with E-state index in [4.69, 9.17) is 0 Å². The summed E-state index contributed by atoms with van der Waals surface area (Å²) < 4.78 is 33.1. The van der Waals surface area contributed by atoms with Crippen LogP contribution in [0.25, 0.3) is 0 Å². The van der Waals surface area contributed by atoms with E-state index in [0.29, 0.717) is 4.47 Å². The third-order valence-corrected chi connectivity index (χ3v) is 5.51. The Morgan fingerprint density at radius 2 is 2.00 bits per heavy atom. The average molecular weight is 522 g/mol. The maximum atomic E-state index is 11.5. The van der Waals surface area contributed by atoms with Crippen LogP contribution in [0, 0.1) is 0 Å². The van der Waals surface area contributed by atoms with Crippen molar-refractivity contribution < 1.29 is 22.9 Å². The Morgan fingerprint density at radius 1 is 1.30 bits per heavy atom. The van der Waals surface area contributed by atoms with Gasteiger partial charge in [-0.1, -0.05) is 6.92 Å². The van der Waals surface area contributed by atoms with E-state index < -0.39 is 21.5 Å². The average Bonchev–Trinajstić information content (AvgIpc) is 2.58. The van der Waals surface area contributed by atoms with Gasteiger partial charge in [0, 0.05) is 16.4 Å². The number of pyridine rings is 1. The third-order valence-electron chi connectivity index (χ3n) is 3.33. The lowest BCUT2D eigenvalue weighted by atomic mass is 10.1. The fourth-order valence-electron chi connectivity index (χ4n) is 2.04. The van der Waals surface area contributed by atoms with Gasteiger partial charge in [0.25, 0.3) is 10.1 Å². The van der Waals surface area contributed by atoms with Gasteiger partial charge in [0.1, 0.15) is 5.69 Å². The van der Waals surface area contributed by atoms with Crippen LogP contribution in [0.5, 0.6) is 0 Å². The van der Waals surface area contributed by atoms with Crippen molar-refractivity contribution in [3.8, 4) is 0 Å². The molecule has 9 nitrogen and oxygen atoms in total. The molecule has 27 heavy (non-hydrogen) atoms. The van der Waals surface area contributed by atoms with Crippen LogP contribution in [0.4, 0.5) is 17.2 Å². The zero-order valence-corrected chi connectivity index (χ0v) is 17.8. The molecule has 1 aromatic carbocycles. The van der Waals surface area contributed by atoms with Gasteiger partial charge in [-0.3, -0.25) is 4.55 Å². The minimum atomic E-state index is -4.33. The summed E-state index contributed by atoms with van der Waals surface area (Å²) >= 11 is 6.54. The lowest BCUT2D eigenvalue weighted by Crippen LogP contribution is -2.28. The minimum absolute atomic E-state index is 0.0598. The van der Waals surface area contributed by atoms with E-state index in [1.54, 1.807) is 13.0 Å². The lowest BCUT2D eigenvalue weighted by Gasteiger charge is -2.15. The number of carboxylic acids is 1. The molecular formula is C15H14Br2N4O5S. The summed E-state index contributed by atoms with van der Waals surface area (Å²) in [5.74, 6) is -1.01. The number of carboxylic acid groups (broad SMARTS) is 1. The van der Waals surface area contributed by atoms with Crippen LogP contribution in [-0.4, -0.2) is 34.4 Å². The molecule has 1 heterocycles. The number of benzene rings is 1. The first-order valence-electron chi connectivity index (χ1n) is 7.44. The highest BCUT2D eigenvalue weighted by molar-refractivity contribution is 9.11. The van der Waals surface area contributed by atoms with Crippen molar-refractivity contribution >= 4 is 65.1 Å². The molecule has 0 radical (unpaired) electrons. The molecule has 12 heteroatoms. The summed E-state index contributed by atoms with van der Waals surface area (Å²) in [4.78, 5) is 15.6. The van der Waals surface area contributed by atoms with E-state index in [-0.39, 0.29) is 29.2 Å². The predicted octanol–water partition coefficient (Wildman–Crippen LogP) is 4.76. The van der Waals surface area contributed by atoms with E-state index in [0.717, 1.165) is 4.47 Å². The molecule has 0 aliphatic carbocycles. The first-order valence-corrected chi connectivity index (χ1v) is 10.5. The summed E-state index contributed by atoms with van der Waals surface area (Å²) in [6.07, 6.45) is 1.61. The smallest absolute Gasteiger partial charge is 0.338 e. The number of nitrogens with zero attached hydrogens (tertiary/aromatic N) is 3. The van der Waals surface area contributed by atoms with Gasteiger partial charge in [-0.15, -0.1) is 10.2 Å². The molecule has 1 aromatic heterocycles. The Kier molecular flexibility index (Phi) is 7.03. The number of hydrogen-bond donors (Lipinski definition) is 3. The zero-order valence-electron chi connectivity index (χ0n) is 13.8. The molecule has 1 unspecified atom stereocenters. The van der Waals surface area contributed by atoms with Crippen molar-refractivity contribution in [2.24, 2.45) is 10.2 Å². The van der Waals surface area contributed by atoms with Gasteiger partial charge in [-0.05, 0) is 62.5 Å². The molecule has 3 N–H and O–H groups in total. The van der Waals surface area contributed by atoms with Gasteiger partial charge in [0.05, 0.1) is 10.0 Å². The first kappa shape index (κ1) is 21.4. The van der Waals surface area contributed by atoms with Gasteiger partial charge in [0.15, 0.2) is 11.2 Å². The summed E-state index contributed by atoms with van der Waals surface area (Å²) in [6.45, 7) is 1.56. The van der Waals surface area contributed by atoms with Crippen LogP contribution >= 0.6 is 31.9 Å². The summed E-state index contributed by atoms with van der Waals surface area (Å²) in [6, 6.07) is 5.75. The van der Waals surface area contributed by atoms with Crippen molar-refractivity contribution in [1.82, 2.24) is 4.98 Å². The Labute approximate surface area is 171 Å². The minimum Gasteiger partial charge on any atom is -0.478 e. The Hall–Kier alpha value is -1.89. The second kappa shape index (κ2) is 8.87. The monoisotopic (exact) mass is 520 g/mol. The quantitative estimate of drug-likeness (QED) is 0.352. The maximum Gasteiger partial charge on any atom is 0.338 e. The third kappa shape index (κ3) is 5.79. The van der Waals surface area contributed by atoms with Crippen LogP contribution in [0.15, 0.2) is 49.6 Å². The second-order valence-electron chi connectivity index (χ2n) is 5.25. The van der Waals surface area contributed by atoms with Crippen molar-refractivity contribution in [2.45, 2.75) is 18.7 Å². The number of hydrogen-bond acceptors (Lipinski definition) is 7.